The van der Waals surface area contributed by atoms with Crippen LogP contribution >= 0.6 is 0 Å². The molecule has 0 spiro atoms. The second kappa shape index (κ2) is 7.06. The third-order valence-corrected chi connectivity index (χ3v) is 1.73. The molecule has 0 atom stereocenters. The van der Waals surface area contributed by atoms with Crippen LogP contribution in [-0.2, 0) is 9.63 Å². The molecule has 2 N–H and O–H groups in total. The zero-order chi connectivity index (χ0) is 9.40. The fourth-order valence-electron chi connectivity index (χ4n) is 0.909. The van der Waals surface area contributed by atoms with Crippen molar-refractivity contribution in [2.24, 2.45) is 0 Å². The minimum absolute atomic E-state index is 0.0226. The molecular formula is C8H18N2O2. The molecule has 4 nitrogen and oxygen atoms in total. The Balaban J connectivity index is 3.52. The molecule has 0 aromatic heterocycles. The van der Waals surface area contributed by atoms with E-state index in [2.05, 4.69) is 29.5 Å². The lowest BCUT2D eigenvalue weighted by atomic mass is 10.2. The van der Waals surface area contributed by atoms with E-state index in [1.807, 2.05) is 0 Å². The van der Waals surface area contributed by atoms with Crippen molar-refractivity contribution in [2.45, 2.75) is 32.7 Å². The van der Waals surface area contributed by atoms with Crippen LogP contribution in [0, 0.1) is 0 Å². The van der Waals surface area contributed by atoms with E-state index >= 15 is 0 Å². The molecule has 0 aromatic rings. The largest absolute Gasteiger partial charge is 0.352 e. The predicted molar refractivity (Wildman–Crippen MR) is 47.5 cm³/mol. The first-order chi connectivity index (χ1) is 5.74. The molecule has 0 radical (unpaired) electrons. The number of amides is 1. The highest BCUT2D eigenvalue weighted by Crippen LogP contribution is 1.94. The Morgan fingerprint density at radius 1 is 1.42 bits per heavy atom. The highest BCUT2D eigenvalue weighted by atomic mass is 16.6. The second-order valence-electron chi connectivity index (χ2n) is 2.61. The Hall–Kier alpha value is -0.610. The predicted octanol–water partition coefficient (Wildman–Crippen LogP) is 0.442. The third kappa shape index (κ3) is 5.09. The van der Waals surface area contributed by atoms with Crippen molar-refractivity contribution in [2.75, 3.05) is 13.7 Å². The quantitative estimate of drug-likeness (QED) is 0.574. The van der Waals surface area contributed by atoms with E-state index in [0.717, 1.165) is 12.8 Å². The van der Waals surface area contributed by atoms with Gasteiger partial charge in [0.2, 0.25) is 5.91 Å². The van der Waals surface area contributed by atoms with Crippen molar-refractivity contribution >= 4 is 5.91 Å². The van der Waals surface area contributed by atoms with Gasteiger partial charge in [-0.05, 0) is 12.8 Å². The molecule has 0 fully saturated rings. The zero-order valence-electron chi connectivity index (χ0n) is 8.02. The van der Waals surface area contributed by atoms with Crippen molar-refractivity contribution in [3.63, 3.8) is 0 Å². The maximum absolute atomic E-state index is 11.1. The van der Waals surface area contributed by atoms with Crippen LogP contribution < -0.4 is 10.8 Å². The smallest absolute Gasteiger partial charge is 0.236 e. The molecule has 0 aliphatic carbocycles. The van der Waals surface area contributed by atoms with E-state index in [1.165, 1.54) is 7.11 Å². The minimum atomic E-state index is -0.0226. The van der Waals surface area contributed by atoms with E-state index in [4.69, 9.17) is 0 Å². The lowest BCUT2D eigenvalue weighted by molar-refractivity contribution is -0.123. The molecule has 0 aliphatic rings. The Morgan fingerprint density at radius 2 is 2.00 bits per heavy atom. The fraction of sp³-hybridized carbons (Fsp3) is 0.875. The van der Waals surface area contributed by atoms with E-state index in [1.54, 1.807) is 0 Å². The van der Waals surface area contributed by atoms with Crippen LogP contribution in [0.25, 0.3) is 0 Å². The first-order valence-corrected chi connectivity index (χ1v) is 4.29. The number of carbonyl (C=O) groups excluding carboxylic acids is 1. The van der Waals surface area contributed by atoms with Crippen molar-refractivity contribution in [3.05, 3.63) is 0 Å². The molecule has 1 amide bonds. The van der Waals surface area contributed by atoms with Gasteiger partial charge in [0.15, 0.2) is 0 Å². The molecule has 0 saturated carbocycles. The van der Waals surface area contributed by atoms with Crippen LogP contribution in [0.3, 0.4) is 0 Å². The molecule has 0 rings (SSSR count). The van der Waals surface area contributed by atoms with Gasteiger partial charge < -0.3 is 10.2 Å². The summed E-state index contributed by atoms with van der Waals surface area (Å²) in [6, 6.07) is 0.288. The van der Waals surface area contributed by atoms with E-state index in [0.29, 0.717) is 0 Å². The summed E-state index contributed by atoms with van der Waals surface area (Å²) in [4.78, 5) is 15.6. The molecule has 0 unspecified atom stereocenters. The van der Waals surface area contributed by atoms with Gasteiger partial charge in [0.05, 0.1) is 13.7 Å². The molecular weight excluding hydrogens is 156 g/mol. The van der Waals surface area contributed by atoms with Gasteiger partial charge in [0.1, 0.15) is 0 Å². The van der Waals surface area contributed by atoms with Crippen LogP contribution in [0.5, 0.6) is 0 Å². The van der Waals surface area contributed by atoms with Crippen LogP contribution in [0.1, 0.15) is 26.7 Å². The Bertz CT molecular complexity index is 124. The van der Waals surface area contributed by atoms with E-state index in [-0.39, 0.29) is 18.5 Å². The Kier molecular flexibility index (Phi) is 6.70. The van der Waals surface area contributed by atoms with Gasteiger partial charge in [-0.25, -0.2) is 0 Å². The maximum Gasteiger partial charge on any atom is 0.236 e. The molecule has 12 heavy (non-hydrogen) atoms. The van der Waals surface area contributed by atoms with Crippen molar-refractivity contribution in [3.8, 4) is 0 Å². The molecule has 0 saturated heterocycles. The van der Waals surface area contributed by atoms with Gasteiger partial charge in [0, 0.05) is 6.04 Å². The number of nitrogens with one attached hydrogen (secondary N) is 2. The molecule has 0 aliphatic heterocycles. The van der Waals surface area contributed by atoms with Gasteiger partial charge in [-0.15, -0.1) is 0 Å². The van der Waals surface area contributed by atoms with Crippen LogP contribution in [-0.4, -0.2) is 25.6 Å². The first kappa shape index (κ1) is 11.4. The molecule has 0 heterocycles. The number of hydrogen-bond acceptors (Lipinski definition) is 3. The van der Waals surface area contributed by atoms with E-state index in [9.17, 15) is 4.79 Å². The molecule has 0 bridgehead atoms. The van der Waals surface area contributed by atoms with Gasteiger partial charge in [-0.1, -0.05) is 13.8 Å². The average molecular weight is 174 g/mol. The third-order valence-electron chi connectivity index (χ3n) is 1.73. The summed E-state index contributed by atoms with van der Waals surface area (Å²) in [6.45, 7) is 4.32. The minimum Gasteiger partial charge on any atom is -0.352 e. The maximum atomic E-state index is 11.1. The monoisotopic (exact) mass is 174 g/mol. The topological polar surface area (TPSA) is 50.4 Å². The molecule has 0 aromatic carbocycles. The Morgan fingerprint density at radius 3 is 2.42 bits per heavy atom. The first-order valence-electron chi connectivity index (χ1n) is 4.29. The van der Waals surface area contributed by atoms with Crippen molar-refractivity contribution in [1.29, 1.82) is 0 Å². The Labute approximate surface area is 73.6 Å². The zero-order valence-corrected chi connectivity index (χ0v) is 8.02. The molecule has 72 valence electrons. The number of carbonyl (C=O) groups is 1. The second-order valence-corrected chi connectivity index (χ2v) is 2.61. The highest BCUT2D eigenvalue weighted by Gasteiger charge is 2.06. The summed E-state index contributed by atoms with van der Waals surface area (Å²) in [5, 5.41) is 2.87. The average Bonchev–Trinajstić information content (AvgIpc) is 2.10. The summed E-state index contributed by atoms with van der Waals surface area (Å²) < 4.78 is 0. The summed E-state index contributed by atoms with van der Waals surface area (Å²) in [6.07, 6.45) is 1.93. The van der Waals surface area contributed by atoms with Gasteiger partial charge >= 0.3 is 0 Å². The number of hydroxylamine groups is 1. The highest BCUT2D eigenvalue weighted by molar-refractivity contribution is 5.78. The van der Waals surface area contributed by atoms with Gasteiger partial charge in [-0.3, -0.25) is 4.79 Å². The number of rotatable bonds is 6. The summed E-state index contributed by atoms with van der Waals surface area (Å²) in [5.41, 5.74) is 2.49. The summed E-state index contributed by atoms with van der Waals surface area (Å²) in [7, 11) is 1.49. The van der Waals surface area contributed by atoms with Crippen LogP contribution in [0.4, 0.5) is 0 Å². The lowest BCUT2D eigenvalue weighted by Crippen LogP contribution is -2.39. The number of hydrogen-bond donors (Lipinski definition) is 2. The van der Waals surface area contributed by atoms with Gasteiger partial charge in [-0.2, -0.15) is 5.48 Å². The van der Waals surface area contributed by atoms with E-state index < -0.39 is 0 Å². The summed E-state index contributed by atoms with van der Waals surface area (Å²) in [5.74, 6) is -0.0226. The standard InChI is InChI=1S/C8H18N2O2/c1-4-7(5-2)10-8(11)6-9-12-3/h7,9H,4-6H2,1-3H3,(H,10,11). The SMILES string of the molecule is CCC(CC)NC(=O)CNOC. The fourth-order valence-corrected chi connectivity index (χ4v) is 0.909. The van der Waals surface area contributed by atoms with Gasteiger partial charge in [0.25, 0.3) is 0 Å². The van der Waals surface area contributed by atoms with Crippen LogP contribution in [0.2, 0.25) is 0 Å². The van der Waals surface area contributed by atoms with Crippen molar-refractivity contribution < 1.29 is 9.63 Å². The lowest BCUT2D eigenvalue weighted by Gasteiger charge is -2.14. The van der Waals surface area contributed by atoms with Crippen LogP contribution in [0.15, 0.2) is 0 Å². The molecule has 4 heteroatoms. The van der Waals surface area contributed by atoms with Crippen molar-refractivity contribution in [1.82, 2.24) is 10.8 Å². The normalized spacial score (nSPS) is 10.3. The summed E-state index contributed by atoms with van der Waals surface area (Å²) >= 11 is 0.